The van der Waals surface area contributed by atoms with Crippen molar-refractivity contribution in [3.63, 3.8) is 0 Å². The van der Waals surface area contributed by atoms with Crippen molar-refractivity contribution in [3.05, 3.63) is 107 Å². The molecule has 4 aromatic rings. The van der Waals surface area contributed by atoms with Gasteiger partial charge >= 0.3 is 16.9 Å². The predicted molar refractivity (Wildman–Crippen MR) is 170 cm³/mol. The molecular weight excluding hydrogens is 590 g/mol. The van der Waals surface area contributed by atoms with Crippen LogP contribution in [0.3, 0.4) is 0 Å². The summed E-state index contributed by atoms with van der Waals surface area (Å²) in [5.74, 6) is 0.665. The van der Waals surface area contributed by atoms with E-state index in [-0.39, 0.29) is 24.3 Å². The average Bonchev–Trinajstić information content (AvgIpc) is 3.01. The summed E-state index contributed by atoms with van der Waals surface area (Å²) < 4.78 is 20.1. The molecule has 0 N–H and O–H groups in total. The molecule has 1 saturated heterocycles. The van der Waals surface area contributed by atoms with Crippen molar-refractivity contribution in [2.45, 2.75) is 64.5 Å². The molecule has 11 nitrogen and oxygen atoms in total. The Morgan fingerprint density at radius 2 is 1.89 bits per heavy atom. The Kier molecular flexibility index (Phi) is 7.21. The van der Waals surface area contributed by atoms with Gasteiger partial charge in [0.25, 0.3) is 5.91 Å². The van der Waals surface area contributed by atoms with Gasteiger partial charge in [-0.15, -0.1) is 0 Å². The molecule has 3 aliphatic rings. The zero-order valence-electron chi connectivity index (χ0n) is 26.0. The van der Waals surface area contributed by atoms with Gasteiger partial charge in [0, 0.05) is 60.9 Å². The highest BCUT2D eigenvalue weighted by Crippen LogP contribution is 2.43. The highest BCUT2D eigenvalue weighted by Gasteiger charge is 2.38. The van der Waals surface area contributed by atoms with Crippen molar-refractivity contribution < 1.29 is 23.6 Å². The van der Waals surface area contributed by atoms with Crippen LogP contribution in [-0.4, -0.2) is 45.6 Å². The van der Waals surface area contributed by atoms with Crippen LogP contribution in [0.5, 0.6) is 11.5 Å². The molecule has 2 aromatic heterocycles. The number of rotatable bonds is 6. The van der Waals surface area contributed by atoms with Gasteiger partial charge in [-0.1, -0.05) is 30.3 Å². The number of pyridine rings is 1. The van der Waals surface area contributed by atoms with Crippen LogP contribution < -0.4 is 20.7 Å². The molecule has 0 saturated carbocycles. The summed E-state index contributed by atoms with van der Waals surface area (Å²) in [6.45, 7) is 6.79. The zero-order valence-corrected chi connectivity index (χ0v) is 26.0. The number of fused-ring (bicyclic) bond motifs is 7. The number of ether oxygens (including phenoxy) is 2. The molecule has 5 heterocycles. The van der Waals surface area contributed by atoms with Gasteiger partial charge in [-0.3, -0.25) is 19.7 Å². The van der Waals surface area contributed by atoms with E-state index in [0.717, 1.165) is 29.5 Å². The highest BCUT2D eigenvalue weighted by atomic mass is 16.6. The molecule has 2 aromatic carbocycles. The second kappa shape index (κ2) is 11.1. The number of carbonyl (C=O) groups is 1. The topological polar surface area (TPSA) is 134 Å². The fourth-order valence-electron chi connectivity index (χ4n) is 7.31. The number of hydrogen-bond acceptors (Lipinski definition) is 8. The molecule has 11 heteroatoms. The number of aryl methyl sites for hydroxylation is 2. The molecule has 0 radical (unpaired) electrons. The minimum Gasteiger partial charge on any atom is -0.487 e. The normalized spacial score (nSPS) is 19.6. The Morgan fingerprint density at radius 3 is 2.65 bits per heavy atom. The zero-order chi connectivity index (χ0) is 32.3. The standard InChI is InChI=1S/C35H35N3O8/c1-20-25(14-21-7-5-4-6-8-21)34(41)45-32-24-11-12-35(2,3)46-28(24)15-29(31(20)32)44-19-30(39)36-16-22-13-23(18-36)26-9-10-27(38(42)43)33(40)37(26)17-22/h4-10,15,22-23H,11-14,16-19H2,1-3H3/t22-,23-/m1/s1. The van der Waals surface area contributed by atoms with E-state index in [9.17, 15) is 24.5 Å². The van der Waals surface area contributed by atoms with Crippen LogP contribution in [0.25, 0.3) is 11.0 Å². The Bertz CT molecular complexity index is 2010. The van der Waals surface area contributed by atoms with Gasteiger partial charge in [0.15, 0.2) is 6.61 Å². The summed E-state index contributed by atoms with van der Waals surface area (Å²) in [5, 5.41) is 12.0. The summed E-state index contributed by atoms with van der Waals surface area (Å²) >= 11 is 0. The van der Waals surface area contributed by atoms with Crippen LogP contribution in [0.2, 0.25) is 0 Å². The number of nitrogens with zero attached hydrogens (tertiary/aromatic N) is 3. The lowest BCUT2D eigenvalue weighted by Crippen LogP contribution is -2.50. The van der Waals surface area contributed by atoms with Gasteiger partial charge in [-0.05, 0) is 63.1 Å². The van der Waals surface area contributed by atoms with Crippen LogP contribution in [0, 0.1) is 23.0 Å². The fourth-order valence-corrected chi connectivity index (χ4v) is 7.31. The smallest absolute Gasteiger partial charge is 0.340 e. The molecule has 0 aliphatic carbocycles. The predicted octanol–water partition coefficient (Wildman–Crippen LogP) is 4.89. The Morgan fingerprint density at radius 1 is 1.11 bits per heavy atom. The lowest BCUT2D eigenvalue weighted by Gasteiger charge is -2.42. The third kappa shape index (κ3) is 5.23. The number of benzene rings is 2. The van der Waals surface area contributed by atoms with Crippen molar-refractivity contribution in [2.75, 3.05) is 19.7 Å². The molecule has 1 amide bonds. The second-order valence-corrected chi connectivity index (χ2v) is 13.3. The second-order valence-electron chi connectivity index (χ2n) is 13.3. The molecular formula is C35H35N3O8. The van der Waals surface area contributed by atoms with Crippen LogP contribution >= 0.6 is 0 Å². The lowest BCUT2D eigenvalue weighted by molar-refractivity contribution is -0.386. The van der Waals surface area contributed by atoms with E-state index in [1.54, 1.807) is 11.0 Å². The highest BCUT2D eigenvalue weighted by molar-refractivity contribution is 5.92. The minimum atomic E-state index is -0.652. The van der Waals surface area contributed by atoms with E-state index < -0.39 is 27.4 Å². The Labute approximate surface area is 264 Å². The molecule has 3 aliphatic heterocycles. The maximum absolute atomic E-state index is 13.6. The van der Waals surface area contributed by atoms with Gasteiger partial charge in [0.1, 0.15) is 22.7 Å². The summed E-state index contributed by atoms with van der Waals surface area (Å²) in [6.07, 6.45) is 2.62. The number of nitro groups is 1. The quantitative estimate of drug-likeness (QED) is 0.168. The number of amides is 1. The summed E-state index contributed by atoms with van der Waals surface area (Å²) in [4.78, 5) is 52.2. The first-order valence-electron chi connectivity index (χ1n) is 15.6. The Hall–Kier alpha value is -4.93. The lowest BCUT2D eigenvalue weighted by atomic mass is 9.83. The third-order valence-corrected chi connectivity index (χ3v) is 9.65. The molecule has 2 bridgehead atoms. The van der Waals surface area contributed by atoms with Gasteiger partial charge in [0.2, 0.25) is 0 Å². The van der Waals surface area contributed by atoms with Gasteiger partial charge in [0.05, 0.1) is 10.3 Å². The molecule has 238 valence electrons. The SMILES string of the molecule is Cc1c(Cc2ccccc2)c(=O)oc2c3c(cc(OCC(=O)N4C[C@H]5C[C@H](C4)c4ccc([N+](=O)[O-])c(=O)n4C5)c12)OC(C)(C)CC3. The molecule has 0 spiro atoms. The van der Waals surface area contributed by atoms with E-state index in [1.165, 1.54) is 10.6 Å². The fraction of sp³-hybridized carbons (Fsp3) is 0.400. The van der Waals surface area contributed by atoms with Crippen molar-refractivity contribution >= 4 is 22.6 Å². The van der Waals surface area contributed by atoms with E-state index in [2.05, 4.69) is 0 Å². The van der Waals surface area contributed by atoms with Crippen LogP contribution in [0.4, 0.5) is 5.69 Å². The van der Waals surface area contributed by atoms with Gasteiger partial charge < -0.3 is 23.4 Å². The first-order valence-corrected chi connectivity index (χ1v) is 15.6. The van der Waals surface area contributed by atoms with Crippen LogP contribution in [0.15, 0.2) is 62.5 Å². The van der Waals surface area contributed by atoms with Crippen molar-refractivity contribution in [2.24, 2.45) is 5.92 Å². The number of piperidine rings is 1. The monoisotopic (exact) mass is 625 g/mol. The van der Waals surface area contributed by atoms with Crippen molar-refractivity contribution in [1.29, 1.82) is 0 Å². The van der Waals surface area contributed by atoms with E-state index in [4.69, 9.17) is 13.9 Å². The van der Waals surface area contributed by atoms with Crippen molar-refractivity contribution in [1.82, 2.24) is 9.47 Å². The largest absolute Gasteiger partial charge is 0.487 e. The third-order valence-electron chi connectivity index (χ3n) is 9.65. The van der Waals surface area contributed by atoms with Gasteiger partial charge in [-0.2, -0.15) is 0 Å². The Balaban J connectivity index is 1.19. The minimum absolute atomic E-state index is 0.00725. The number of likely N-dealkylation sites (tertiary alicyclic amines) is 1. The number of hydrogen-bond donors (Lipinski definition) is 0. The van der Waals surface area contributed by atoms with Gasteiger partial charge in [-0.25, -0.2) is 4.79 Å². The van der Waals surface area contributed by atoms with E-state index >= 15 is 0 Å². The molecule has 46 heavy (non-hydrogen) atoms. The van der Waals surface area contributed by atoms with Crippen LogP contribution in [-0.2, 0) is 24.2 Å². The molecule has 7 rings (SSSR count). The van der Waals surface area contributed by atoms with E-state index in [0.29, 0.717) is 66.2 Å². The molecule has 2 atom stereocenters. The number of aromatic nitrogens is 1. The molecule has 0 unspecified atom stereocenters. The molecule has 1 fully saturated rings. The first-order chi connectivity index (χ1) is 22.0. The summed E-state index contributed by atoms with van der Waals surface area (Å²) in [5.41, 5.74) is 2.36. The maximum atomic E-state index is 13.6. The maximum Gasteiger partial charge on any atom is 0.340 e. The van der Waals surface area contributed by atoms with Crippen LogP contribution in [0.1, 0.15) is 60.6 Å². The summed E-state index contributed by atoms with van der Waals surface area (Å²) in [6, 6.07) is 14.4. The number of carbonyl (C=O) groups excluding carboxylic acids is 1. The average molecular weight is 626 g/mol. The first kappa shape index (κ1) is 29.8. The van der Waals surface area contributed by atoms with Crippen molar-refractivity contribution in [3.8, 4) is 11.5 Å². The summed E-state index contributed by atoms with van der Waals surface area (Å²) in [7, 11) is 0. The van der Waals surface area contributed by atoms with E-state index in [1.807, 2.05) is 57.2 Å².